The standard InChI is InChI=1S/C14H14F3NO4/c15-14(16,17)9-3-1-2-8(6-9)7-18-12(19)10-4-5-11(22-10)13(20)21/h1-3,6,10-11H,4-5,7H2,(H,18,19)(H,20,21)/t10-,11+/m0/s1. The molecule has 8 heteroatoms. The SMILES string of the molecule is O=C(NCc1cccc(C(F)(F)F)c1)[C@@H]1CC[C@H](C(=O)O)O1. The number of amides is 1. The Bertz CT molecular complexity index is 573. The van der Waals surface area contributed by atoms with Crippen molar-refractivity contribution in [1.29, 1.82) is 0 Å². The summed E-state index contributed by atoms with van der Waals surface area (Å²) in [6.45, 7) is -0.0830. The second-order valence-corrected chi connectivity index (χ2v) is 4.94. The quantitative estimate of drug-likeness (QED) is 0.890. The van der Waals surface area contributed by atoms with Gasteiger partial charge in [-0.25, -0.2) is 4.79 Å². The van der Waals surface area contributed by atoms with Gasteiger partial charge in [0.2, 0.25) is 5.91 Å². The molecule has 1 fully saturated rings. The number of halogens is 3. The maximum atomic E-state index is 12.6. The summed E-state index contributed by atoms with van der Waals surface area (Å²) in [5.74, 6) is -1.66. The van der Waals surface area contributed by atoms with E-state index in [0.29, 0.717) is 5.56 Å². The minimum atomic E-state index is -4.44. The van der Waals surface area contributed by atoms with Crippen molar-refractivity contribution in [2.45, 2.75) is 37.8 Å². The smallest absolute Gasteiger partial charge is 0.416 e. The maximum Gasteiger partial charge on any atom is 0.416 e. The minimum absolute atomic E-state index is 0.0830. The fourth-order valence-corrected chi connectivity index (χ4v) is 2.17. The molecule has 1 aromatic rings. The van der Waals surface area contributed by atoms with Crippen LogP contribution in [-0.2, 0) is 27.0 Å². The molecule has 1 aliphatic rings. The highest BCUT2D eigenvalue weighted by Gasteiger charge is 2.34. The van der Waals surface area contributed by atoms with E-state index in [-0.39, 0.29) is 19.4 Å². The highest BCUT2D eigenvalue weighted by molar-refractivity contribution is 5.82. The summed E-state index contributed by atoms with van der Waals surface area (Å²) in [5.41, 5.74) is -0.488. The van der Waals surface area contributed by atoms with Gasteiger partial charge in [-0.2, -0.15) is 13.2 Å². The zero-order valence-corrected chi connectivity index (χ0v) is 11.4. The lowest BCUT2D eigenvalue weighted by molar-refractivity contribution is -0.151. The molecule has 5 nitrogen and oxygen atoms in total. The van der Waals surface area contributed by atoms with E-state index in [4.69, 9.17) is 9.84 Å². The van der Waals surface area contributed by atoms with E-state index in [1.54, 1.807) is 0 Å². The van der Waals surface area contributed by atoms with E-state index >= 15 is 0 Å². The maximum absolute atomic E-state index is 12.6. The number of carboxylic acids is 1. The molecule has 0 bridgehead atoms. The Labute approximate surface area is 124 Å². The highest BCUT2D eigenvalue weighted by atomic mass is 19.4. The van der Waals surface area contributed by atoms with Crippen molar-refractivity contribution in [2.75, 3.05) is 0 Å². The number of rotatable bonds is 4. The van der Waals surface area contributed by atoms with Gasteiger partial charge in [0.25, 0.3) is 0 Å². The lowest BCUT2D eigenvalue weighted by atomic mass is 10.1. The number of ether oxygens (including phenoxy) is 1. The topological polar surface area (TPSA) is 75.6 Å². The van der Waals surface area contributed by atoms with Crippen LogP contribution in [0.2, 0.25) is 0 Å². The summed E-state index contributed by atoms with van der Waals surface area (Å²) >= 11 is 0. The van der Waals surface area contributed by atoms with E-state index in [0.717, 1.165) is 12.1 Å². The first kappa shape index (κ1) is 16.3. The fourth-order valence-electron chi connectivity index (χ4n) is 2.17. The van der Waals surface area contributed by atoms with Gasteiger partial charge in [0.15, 0.2) is 6.10 Å². The Kier molecular flexibility index (Phi) is 4.70. The van der Waals surface area contributed by atoms with Crippen molar-refractivity contribution in [3.05, 3.63) is 35.4 Å². The molecule has 0 aliphatic carbocycles. The molecule has 0 radical (unpaired) electrons. The molecule has 1 aliphatic heterocycles. The van der Waals surface area contributed by atoms with E-state index in [1.165, 1.54) is 12.1 Å². The van der Waals surface area contributed by atoms with Crippen LogP contribution in [0.25, 0.3) is 0 Å². The molecule has 22 heavy (non-hydrogen) atoms. The molecular formula is C14H14F3NO4. The van der Waals surface area contributed by atoms with Crippen LogP contribution in [0.15, 0.2) is 24.3 Å². The van der Waals surface area contributed by atoms with Crippen molar-refractivity contribution in [3.8, 4) is 0 Å². The third-order valence-corrected chi connectivity index (χ3v) is 3.31. The summed E-state index contributed by atoms with van der Waals surface area (Å²) in [4.78, 5) is 22.5. The van der Waals surface area contributed by atoms with Crippen molar-refractivity contribution in [2.24, 2.45) is 0 Å². The zero-order chi connectivity index (χ0) is 16.3. The molecule has 1 amide bonds. The number of benzene rings is 1. The molecule has 0 spiro atoms. The van der Waals surface area contributed by atoms with Gasteiger partial charge >= 0.3 is 12.1 Å². The molecule has 2 N–H and O–H groups in total. The largest absolute Gasteiger partial charge is 0.479 e. The fraction of sp³-hybridized carbons (Fsp3) is 0.429. The van der Waals surface area contributed by atoms with Gasteiger partial charge in [0.05, 0.1) is 5.56 Å². The monoisotopic (exact) mass is 317 g/mol. The van der Waals surface area contributed by atoms with E-state index in [9.17, 15) is 22.8 Å². The Morgan fingerprint density at radius 2 is 1.95 bits per heavy atom. The van der Waals surface area contributed by atoms with Crippen LogP contribution in [-0.4, -0.2) is 29.2 Å². The van der Waals surface area contributed by atoms with Gasteiger partial charge in [-0.1, -0.05) is 12.1 Å². The van der Waals surface area contributed by atoms with E-state index in [1.807, 2.05) is 0 Å². The number of nitrogens with one attached hydrogen (secondary N) is 1. The van der Waals surface area contributed by atoms with Crippen LogP contribution >= 0.6 is 0 Å². The van der Waals surface area contributed by atoms with Crippen molar-refractivity contribution >= 4 is 11.9 Å². The summed E-state index contributed by atoms with van der Waals surface area (Å²) in [6, 6.07) is 4.63. The number of carbonyl (C=O) groups excluding carboxylic acids is 1. The average Bonchev–Trinajstić information content (AvgIpc) is 2.94. The Balaban J connectivity index is 1.91. The van der Waals surface area contributed by atoms with E-state index in [2.05, 4.69) is 5.32 Å². The van der Waals surface area contributed by atoms with Crippen LogP contribution in [0, 0.1) is 0 Å². The summed E-state index contributed by atoms with van der Waals surface area (Å²) in [5, 5.41) is 11.2. The van der Waals surface area contributed by atoms with Gasteiger partial charge in [-0.05, 0) is 30.5 Å². The second-order valence-electron chi connectivity index (χ2n) is 4.94. The molecule has 120 valence electrons. The Morgan fingerprint density at radius 1 is 1.27 bits per heavy atom. The molecule has 0 aromatic heterocycles. The van der Waals surface area contributed by atoms with Crippen molar-refractivity contribution in [1.82, 2.24) is 5.32 Å². The third-order valence-electron chi connectivity index (χ3n) is 3.31. The van der Waals surface area contributed by atoms with Gasteiger partial charge in [0.1, 0.15) is 6.10 Å². The molecule has 1 heterocycles. The van der Waals surface area contributed by atoms with Crippen LogP contribution in [0.4, 0.5) is 13.2 Å². The van der Waals surface area contributed by atoms with Crippen LogP contribution < -0.4 is 5.32 Å². The van der Waals surface area contributed by atoms with Gasteiger partial charge in [-0.3, -0.25) is 4.79 Å². The first-order valence-corrected chi connectivity index (χ1v) is 6.59. The van der Waals surface area contributed by atoms with Crippen molar-refractivity contribution in [3.63, 3.8) is 0 Å². The lowest BCUT2D eigenvalue weighted by Crippen LogP contribution is -2.35. The number of hydrogen-bond donors (Lipinski definition) is 2. The van der Waals surface area contributed by atoms with Crippen LogP contribution in [0.3, 0.4) is 0 Å². The summed E-state index contributed by atoms with van der Waals surface area (Å²) in [7, 11) is 0. The van der Waals surface area contributed by atoms with Gasteiger partial charge < -0.3 is 15.2 Å². The number of carbonyl (C=O) groups is 2. The van der Waals surface area contributed by atoms with Crippen LogP contribution in [0.5, 0.6) is 0 Å². The predicted molar refractivity (Wildman–Crippen MR) is 68.8 cm³/mol. The average molecular weight is 317 g/mol. The molecule has 2 rings (SSSR count). The molecule has 1 saturated heterocycles. The normalized spacial score (nSPS) is 21.6. The Morgan fingerprint density at radius 3 is 2.55 bits per heavy atom. The number of alkyl halides is 3. The highest BCUT2D eigenvalue weighted by Crippen LogP contribution is 2.29. The summed E-state index contributed by atoms with van der Waals surface area (Å²) < 4.78 is 42.8. The second kappa shape index (κ2) is 6.35. The number of hydrogen-bond acceptors (Lipinski definition) is 3. The molecule has 0 saturated carbocycles. The minimum Gasteiger partial charge on any atom is -0.479 e. The van der Waals surface area contributed by atoms with E-state index < -0.39 is 35.8 Å². The molecule has 1 aromatic carbocycles. The number of carboxylic acid groups (broad SMARTS) is 1. The first-order chi connectivity index (χ1) is 10.3. The zero-order valence-electron chi connectivity index (χ0n) is 11.4. The molecule has 0 unspecified atom stereocenters. The van der Waals surface area contributed by atoms with Gasteiger partial charge in [0, 0.05) is 6.54 Å². The third kappa shape index (κ3) is 3.97. The Hall–Kier alpha value is -2.09. The summed E-state index contributed by atoms with van der Waals surface area (Å²) in [6.07, 6.45) is -5.83. The van der Waals surface area contributed by atoms with Crippen LogP contribution in [0.1, 0.15) is 24.0 Å². The lowest BCUT2D eigenvalue weighted by Gasteiger charge is -2.13. The predicted octanol–water partition coefficient (Wildman–Crippen LogP) is 1.95. The first-order valence-electron chi connectivity index (χ1n) is 6.59. The molecule has 2 atom stereocenters. The molecular weight excluding hydrogens is 303 g/mol. The number of aliphatic carboxylic acids is 1. The van der Waals surface area contributed by atoms with Crippen molar-refractivity contribution < 1.29 is 32.6 Å². The van der Waals surface area contributed by atoms with Gasteiger partial charge in [-0.15, -0.1) is 0 Å².